The molecule has 34 heavy (non-hydrogen) atoms. The lowest BCUT2D eigenvalue weighted by molar-refractivity contribution is -0.134. The van der Waals surface area contributed by atoms with Crippen molar-refractivity contribution < 1.29 is 24.2 Å². The molecule has 1 atom stereocenters. The van der Waals surface area contributed by atoms with E-state index in [0.717, 1.165) is 22.3 Å². The SMILES string of the molecule is C[C@H](NC(=O)OCC1c2ccccc2-c2ccccc21)C(=O)N1CCn2ncc(C(=O)O)c2C1. The van der Waals surface area contributed by atoms with Crippen molar-refractivity contribution in [2.24, 2.45) is 0 Å². The van der Waals surface area contributed by atoms with Crippen LogP contribution in [0.4, 0.5) is 4.79 Å². The minimum Gasteiger partial charge on any atom is -0.478 e. The molecule has 0 unspecified atom stereocenters. The van der Waals surface area contributed by atoms with Gasteiger partial charge in [0.2, 0.25) is 5.91 Å². The van der Waals surface area contributed by atoms with Gasteiger partial charge in [0, 0.05) is 12.5 Å². The van der Waals surface area contributed by atoms with Gasteiger partial charge in [0.15, 0.2) is 0 Å². The highest BCUT2D eigenvalue weighted by atomic mass is 16.5. The molecule has 2 aliphatic rings. The maximum atomic E-state index is 12.9. The molecule has 0 saturated carbocycles. The number of nitrogens with one attached hydrogen (secondary N) is 1. The predicted octanol–water partition coefficient (Wildman–Crippen LogP) is 2.85. The zero-order chi connectivity index (χ0) is 23.8. The fourth-order valence-corrected chi connectivity index (χ4v) is 4.76. The van der Waals surface area contributed by atoms with Crippen LogP contribution in [0.2, 0.25) is 0 Å². The Kier molecular flexibility index (Phi) is 5.53. The second-order valence-corrected chi connectivity index (χ2v) is 8.48. The molecular formula is C25H24N4O5. The van der Waals surface area contributed by atoms with Gasteiger partial charge in [-0.1, -0.05) is 48.5 Å². The number of nitrogens with zero attached hydrogens (tertiary/aromatic N) is 3. The van der Waals surface area contributed by atoms with Crippen molar-refractivity contribution in [3.63, 3.8) is 0 Å². The summed E-state index contributed by atoms with van der Waals surface area (Å²) in [5.74, 6) is -1.46. The van der Waals surface area contributed by atoms with Crippen molar-refractivity contribution >= 4 is 18.0 Å². The van der Waals surface area contributed by atoms with Gasteiger partial charge >= 0.3 is 12.1 Å². The number of hydrogen-bond acceptors (Lipinski definition) is 5. The summed E-state index contributed by atoms with van der Waals surface area (Å²) in [6.07, 6.45) is 0.625. The Morgan fingerprint density at radius 2 is 1.74 bits per heavy atom. The fraction of sp³-hybridized carbons (Fsp3) is 0.280. The molecule has 3 aromatic rings. The van der Waals surface area contributed by atoms with Gasteiger partial charge in [0.1, 0.15) is 18.2 Å². The van der Waals surface area contributed by atoms with Gasteiger partial charge < -0.3 is 20.1 Å². The molecule has 2 heterocycles. The third-order valence-electron chi connectivity index (χ3n) is 6.46. The number of carboxylic acid groups (broad SMARTS) is 1. The Labute approximate surface area is 195 Å². The van der Waals surface area contributed by atoms with E-state index in [1.54, 1.807) is 11.6 Å². The Balaban J connectivity index is 1.21. The normalized spacial score (nSPS) is 15.1. The lowest BCUT2D eigenvalue weighted by Gasteiger charge is -2.30. The van der Waals surface area contributed by atoms with Gasteiger partial charge in [0.25, 0.3) is 0 Å². The smallest absolute Gasteiger partial charge is 0.407 e. The number of carbonyl (C=O) groups is 3. The lowest BCUT2D eigenvalue weighted by atomic mass is 9.98. The molecule has 174 valence electrons. The van der Waals surface area contributed by atoms with Crippen LogP contribution < -0.4 is 5.32 Å². The minimum absolute atomic E-state index is 0.0685. The molecule has 0 fully saturated rings. The maximum absolute atomic E-state index is 12.9. The number of aromatic carboxylic acids is 1. The molecule has 9 nitrogen and oxygen atoms in total. The molecule has 2 N–H and O–H groups in total. The fourth-order valence-electron chi connectivity index (χ4n) is 4.76. The van der Waals surface area contributed by atoms with Crippen LogP contribution in [0.5, 0.6) is 0 Å². The highest BCUT2D eigenvalue weighted by Crippen LogP contribution is 2.44. The second-order valence-electron chi connectivity index (χ2n) is 8.48. The number of aromatic nitrogens is 2. The predicted molar refractivity (Wildman–Crippen MR) is 122 cm³/mol. The van der Waals surface area contributed by atoms with Crippen LogP contribution in [0, 0.1) is 0 Å². The van der Waals surface area contributed by atoms with Crippen molar-refractivity contribution in [1.82, 2.24) is 20.0 Å². The summed E-state index contributed by atoms with van der Waals surface area (Å²) < 4.78 is 7.12. The summed E-state index contributed by atoms with van der Waals surface area (Å²) in [4.78, 5) is 38.4. The molecule has 1 aromatic heterocycles. The summed E-state index contributed by atoms with van der Waals surface area (Å²) >= 11 is 0. The molecule has 9 heteroatoms. The van der Waals surface area contributed by atoms with Crippen LogP contribution in [-0.4, -0.2) is 57.0 Å². The number of rotatable bonds is 5. The second kappa shape index (κ2) is 8.66. The molecule has 0 radical (unpaired) electrons. The van der Waals surface area contributed by atoms with Crippen molar-refractivity contribution in [3.05, 3.63) is 77.1 Å². The molecule has 2 amide bonds. The van der Waals surface area contributed by atoms with Crippen molar-refractivity contribution in [1.29, 1.82) is 0 Å². The maximum Gasteiger partial charge on any atom is 0.407 e. The Hall–Kier alpha value is -4.14. The standard InChI is InChI=1S/C25H24N4O5/c1-15(23(30)28-10-11-29-22(13-28)20(12-26-29)24(31)32)27-25(33)34-14-21-18-8-4-2-6-16(18)17-7-3-5-9-19(17)21/h2-9,12,15,21H,10-11,13-14H2,1H3,(H,27,33)(H,31,32)/t15-/m0/s1. The number of carboxylic acids is 1. The number of fused-ring (bicyclic) bond motifs is 4. The lowest BCUT2D eigenvalue weighted by Crippen LogP contribution is -2.49. The summed E-state index contributed by atoms with van der Waals surface area (Å²) in [6, 6.07) is 15.3. The van der Waals surface area contributed by atoms with E-state index in [1.807, 2.05) is 36.4 Å². The summed E-state index contributed by atoms with van der Waals surface area (Å²) in [7, 11) is 0. The van der Waals surface area contributed by atoms with E-state index in [1.165, 1.54) is 11.1 Å². The van der Waals surface area contributed by atoms with E-state index in [-0.39, 0.29) is 30.5 Å². The van der Waals surface area contributed by atoms with Crippen LogP contribution >= 0.6 is 0 Å². The summed E-state index contributed by atoms with van der Waals surface area (Å²) in [6.45, 7) is 2.64. The Bertz CT molecular complexity index is 1240. The quantitative estimate of drug-likeness (QED) is 0.605. The first-order valence-electron chi connectivity index (χ1n) is 11.1. The zero-order valence-electron chi connectivity index (χ0n) is 18.6. The van der Waals surface area contributed by atoms with E-state index in [9.17, 15) is 19.5 Å². The molecule has 5 rings (SSSR count). The number of ether oxygens (including phenoxy) is 1. The Morgan fingerprint density at radius 1 is 1.09 bits per heavy atom. The van der Waals surface area contributed by atoms with Gasteiger partial charge in [-0.05, 0) is 29.2 Å². The van der Waals surface area contributed by atoms with Crippen LogP contribution in [0.15, 0.2) is 54.7 Å². The van der Waals surface area contributed by atoms with Gasteiger partial charge in [-0.3, -0.25) is 9.48 Å². The molecule has 0 spiro atoms. The topological polar surface area (TPSA) is 114 Å². The van der Waals surface area contributed by atoms with Gasteiger partial charge in [-0.25, -0.2) is 9.59 Å². The van der Waals surface area contributed by atoms with E-state index in [0.29, 0.717) is 18.8 Å². The monoisotopic (exact) mass is 460 g/mol. The van der Waals surface area contributed by atoms with E-state index in [4.69, 9.17) is 4.74 Å². The van der Waals surface area contributed by atoms with Crippen molar-refractivity contribution in [2.75, 3.05) is 13.2 Å². The average molecular weight is 460 g/mol. The third kappa shape index (κ3) is 3.79. The number of alkyl carbamates (subject to hydrolysis) is 1. The Morgan fingerprint density at radius 3 is 2.38 bits per heavy atom. The number of benzene rings is 2. The molecule has 1 aliphatic carbocycles. The molecular weight excluding hydrogens is 436 g/mol. The molecule has 0 saturated heterocycles. The molecule has 1 aliphatic heterocycles. The van der Waals surface area contributed by atoms with Crippen LogP contribution in [-0.2, 0) is 22.6 Å². The van der Waals surface area contributed by atoms with E-state index >= 15 is 0 Å². The summed E-state index contributed by atoms with van der Waals surface area (Å²) in [5.41, 5.74) is 5.05. The van der Waals surface area contributed by atoms with Crippen LogP contribution in [0.1, 0.15) is 40.0 Å². The van der Waals surface area contributed by atoms with Gasteiger partial charge in [0.05, 0.1) is 25.0 Å². The molecule has 2 aromatic carbocycles. The summed E-state index contributed by atoms with van der Waals surface area (Å²) in [5, 5.41) is 16.0. The number of carbonyl (C=O) groups excluding carboxylic acids is 2. The van der Waals surface area contributed by atoms with Crippen LogP contribution in [0.25, 0.3) is 11.1 Å². The van der Waals surface area contributed by atoms with E-state index in [2.05, 4.69) is 22.5 Å². The van der Waals surface area contributed by atoms with Crippen LogP contribution in [0.3, 0.4) is 0 Å². The first kappa shape index (κ1) is 21.7. The van der Waals surface area contributed by atoms with Gasteiger partial charge in [-0.2, -0.15) is 5.10 Å². The average Bonchev–Trinajstić information content (AvgIpc) is 3.41. The van der Waals surface area contributed by atoms with E-state index < -0.39 is 18.1 Å². The zero-order valence-corrected chi connectivity index (χ0v) is 18.6. The van der Waals surface area contributed by atoms with Crippen molar-refractivity contribution in [2.45, 2.75) is 32.0 Å². The highest BCUT2D eigenvalue weighted by Gasteiger charge is 2.31. The third-order valence-corrected chi connectivity index (χ3v) is 6.46. The first-order chi connectivity index (χ1) is 16.4. The van der Waals surface area contributed by atoms with Crippen molar-refractivity contribution in [3.8, 4) is 11.1 Å². The first-order valence-corrected chi connectivity index (χ1v) is 11.1. The number of hydrogen-bond donors (Lipinski definition) is 2. The molecule has 0 bridgehead atoms. The highest BCUT2D eigenvalue weighted by molar-refractivity contribution is 5.89. The minimum atomic E-state index is -1.08. The largest absolute Gasteiger partial charge is 0.478 e. The van der Waals surface area contributed by atoms with Gasteiger partial charge in [-0.15, -0.1) is 0 Å². The number of amides is 2.